The zero-order valence-electron chi connectivity index (χ0n) is 12.7. The molecule has 1 N–H and O–H groups in total. The van der Waals surface area contributed by atoms with Gasteiger partial charge in [-0.05, 0) is 41.3 Å². The van der Waals surface area contributed by atoms with Crippen LogP contribution in [0, 0.1) is 11.3 Å². The van der Waals surface area contributed by atoms with Crippen molar-refractivity contribution in [3.8, 4) is 11.8 Å². The molecule has 0 bridgehead atoms. The molecule has 0 aliphatic rings. The van der Waals surface area contributed by atoms with Gasteiger partial charge in [0.25, 0.3) is 0 Å². The van der Waals surface area contributed by atoms with E-state index in [9.17, 15) is 0 Å². The first-order valence-electron chi connectivity index (χ1n) is 7.05. The van der Waals surface area contributed by atoms with E-state index in [-0.39, 0.29) is 0 Å². The smallest absolute Gasteiger partial charge is 0.136 e. The monoisotopic (exact) mass is 280 g/mol. The highest BCUT2D eigenvalue weighted by Crippen LogP contribution is 2.20. The highest BCUT2D eigenvalue weighted by Gasteiger charge is 2.04. The third-order valence-corrected chi connectivity index (χ3v) is 3.46. The Balaban J connectivity index is 2.04. The lowest BCUT2D eigenvalue weighted by atomic mass is 10.0. The second kappa shape index (κ2) is 6.81. The minimum atomic E-state index is 0.541. The summed E-state index contributed by atoms with van der Waals surface area (Å²) in [5, 5.41) is 12.5. The maximum absolute atomic E-state index is 9.09. The second-order valence-electron chi connectivity index (χ2n) is 5.28. The Bertz CT molecular complexity index is 639. The van der Waals surface area contributed by atoms with Gasteiger partial charge in [0, 0.05) is 12.2 Å². The van der Waals surface area contributed by atoms with E-state index in [0.29, 0.717) is 23.8 Å². The van der Waals surface area contributed by atoms with E-state index >= 15 is 0 Å². The molecule has 0 atom stereocenters. The predicted molar refractivity (Wildman–Crippen MR) is 85.6 cm³/mol. The van der Waals surface area contributed by atoms with Gasteiger partial charge >= 0.3 is 0 Å². The van der Waals surface area contributed by atoms with Crippen molar-refractivity contribution < 1.29 is 4.74 Å². The van der Waals surface area contributed by atoms with Crippen molar-refractivity contribution >= 4 is 5.69 Å². The van der Waals surface area contributed by atoms with Gasteiger partial charge in [0.05, 0.1) is 12.7 Å². The van der Waals surface area contributed by atoms with Crippen LogP contribution in [0.3, 0.4) is 0 Å². The average Bonchev–Trinajstić information content (AvgIpc) is 2.52. The molecule has 0 spiro atoms. The molecule has 3 nitrogen and oxygen atoms in total. The van der Waals surface area contributed by atoms with E-state index < -0.39 is 0 Å². The third kappa shape index (κ3) is 3.76. The fourth-order valence-corrected chi connectivity index (χ4v) is 2.14. The molecular formula is C18H20N2O. The number of anilines is 1. The van der Waals surface area contributed by atoms with Crippen LogP contribution >= 0.6 is 0 Å². The molecule has 0 aliphatic carbocycles. The average molecular weight is 280 g/mol. The molecule has 0 heterocycles. The molecule has 0 fully saturated rings. The molecule has 108 valence electrons. The van der Waals surface area contributed by atoms with Crippen molar-refractivity contribution in [1.29, 1.82) is 5.26 Å². The number of hydrogen-bond acceptors (Lipinski definition) is 3. The molecule has 2 aromatic rings. The van der Waals surface area contributed by atoms with Crippen LogP contribution < -0.4 is 10.1 Å². The summed E-state index contributed by atoms with van der Waals surface area (Å²) in [5.41, 5.74) is 4.03. The fourth-order valence-electron chi connectivity index (χ4n) is 2.14. The first kappa shape index (κ1) is 14.9. The van der Waals surface area contributed by atoms with Gasteiger partial charge in [0.15, 0.2) is 0 Å². The Labute approximate surface area is 126 Å². The quantitative estimate of drug-likeness (QED) is 0.888. The van der Waals surface area contributed by atoms with Crippen LogP contribution in [0.15, 0.2) is 42.5 Å². The summed E-state index contributed by atoms with van der Waals surface area (Å²) in [6.07, 6.45) is 0. The van der Waals surface area contributed by atoms with Gasteiger partial charge < -0.3 is 10.1 Å². The summed E-state index contributed by atoms with van der Waals surface area (Å²) < 4.78 is 5.15. The highest BCUT2D eigenvalue weighted by molar-refractivity contribution is 5.48. The summed E-state index contributed by atoms with van der Waals surface area (Å²) in [5.74, 6) is 1.15. The van der Waals surface area contributed by atoms with E-state index in [1.165, 1.54) is 5.56 Å². The highest BCUT2D eigenvalue weighted by atomic mass is 16.5. The van der Waals surface area contributed by atoms with E-state index in [0.717, 1.165) is 11.3 Å². The summed E-state index contributed by atoms with van der Waals surface area (Å²) in [6, 6.07) is 16.3. The van der Waals surface area contributed by atoms with Crippen LogP contribution in [-0.2, 0) is 6.54 Å². The Morgan fingerprint density at radius 2 is 1.86 bits per heavy atom. The Hall–Kier alpha value is -2.47. The molecule has 0 aromatic heterocycles. The van der Waals surface area contributed by atoms with Crippen LogP contribution in [0.4, 0.5) is 5.69 Å². The van der Waals surface area contributed by atoms with Gasteiger partial charge in [-0.25, -0.2) is 0 Å². The van der Waals surface area contributed by atoms with Gasteiger partial charge in [0.1, 0.15) is 11.8 Å². The molecule has 2 rings (SSSR count). The summed E-state index contributed by atoms with van der Waals surface area (Å²) in [4.78, 5) is 0. The van der Waals surface area contributed by atoms with Gasteiger partial charge in [-0.2, -0.15) is 5.26 Å². The number of hydrogen-bond donors (Lipinski definition) is 1. The molecule has 0 saturated carbocycles. The van der Waals surface area contributed by atoms with Gasteiger partial charge in [0.2, 0.25) is 0 Å². The van der Waals surface area contributed by atoms with Crippen LogP contribution in [-0.4, -0.2) is 7.11 Å². The maximum atomic E-state index is 9.09. The molecular weight excluding hydrogens is 260 g/mol. The fraction of sp³-hybridized carbons (Fsp3) is 0.278. The van der Waals surface area contributed by atoms with Crippen molar-refractivity contribution in [3.63, 3.8) is 0 Å². The van der Waals surface area contributed by atoms with Crippen molar-refractivity contribution in [1.82, 2.24) is 0 Å². The minimum absolute atomic E-state index is 0.541. The normalized spacial score (nSPS) is 10.2. The van der Waals surface area contributed by atoms with Crippen molar-refractivity contribution in [2.75, 3.05) is 12.4 Å². The van der Waals surface area contributed by atoms with E-state index in [2.05, 4.69) is 49.5 Å². The van der Waals surface area contributed by atoms with Crippen molar-refractivity contribution in [2.45, 2.75) is 26.3 Å². The third-order valence-electron chi connectivity index (χ3n) is 3.46. The zero-order valence-corrected chi connectivity index (χ0v) is 12.7. The molecule has 21 heavy (non-hydrogen) atoms. The van der Waals surface area contributed by atoms with E-state index in [4.69, 9.17) is 10.00 Å². The summed E-state index contributed by atoms with van der Waals surface area (Å²) in [6.45, 7) is 5.05. The number of nitrogens with zero attached hydrogens (tertiary/aromatic N) is 1. The standard InChI is InChI=1S/C18H20N2O/c1-13(2)15-5-7-17(8-6-15)20-12-14-4-9-18(21-3)16(10-14)11-19/h4-10,13,20H,12H2,1-3H3. The largest absolute Gasteiger partial charge is 0.495 e. The van der Waals surface area contributed by atoms with Crippen LogP contribution in [0.25, 0.3) is 0 Å². The number of rotatable bonds is 5. The topological polar surface area (TPSA) is 45.0 Å². The number of ether oxygens (including phenoxy) is 1. The van der Waals surface area contributed by atoms with Crippen LogP contribution in [0.1, 0.15) is 36.5 Å². The lowest BCUT2D eigenvalue weighted by Gasteiger charge is -2.10. The molecule has 3 heteroatoms. The molecule has 0 unspecified atom stereocenters. The molecule has 0 radical (unpaired) electrons. The predicted octanol–water partition coefficient (Wildman–Crippen LogP) is 4.30. The Morgan fingerprint density at radius 1 is 1.14 bits per heavy atom. The van der Waals surface area contributed by atoms with Crippen molar-refractivity contribution in [3.05, 3.63) is 59.2 Å². The zero-order chi connectivity index (χ0) is 15.2. The molecule has 0 aliphatic heterocycles. The number of methoxy groups -OCH3 is 1. The minimum Gasteiger partial charge on any atom is -0.495 e. The van der Waals surface area contributed by atoms with Gasteiger partial charge in [-0.1, -0.05) is 32.0 Å². The lowest BCUT2D eigenvalue weighted by Crippen LogP contribution is -2.00. The van der Waals surface area contributed by atoms with E-state index in [1.54, 1.807) is 7.11 Å². The number of nitriles is 1. The van der Waals surface area contributed by atoms with Gasteiger partial charge in [-0.15, -0.1) is 0 Å². The molecule has 0 saturated heterocycles. The number of nitrogens with one attached hydrogen (secondary N) is 1. The maximum Gasteiger partial charge on any atom is 0.136 e. The first-order chi connectivity index (χ1) is 10.1. The molecule has 2 aromatic carbocycles. The molecule has 0 amide bonds. The summed E-state index contributed by atoms with van der Waals surface area (Å²) >= 11 is 0. The van der Waals surface area contributed by atoms with Crippen LogP contribution in [0.2, 0.25) is 0 Å². The van der Waals surface area contributed by atoms with Crippen LogP contribution in [0.5, 0.6) is 5.75 Å². The Morgan fingerprint density at radius 3 is 2.43 bits per heavy atom. The Kier molecular flexibility index (Phi) is 4.84. The lowest BCUT2D eigenvalue weighted by molar-refractivity contribution is 0.413. The first-order valence-corrected chi connectivity index (χ1v) is 7.05. The second-order valence-corrected chi connectivity index (χ2v) is 5.28. The SMILES string of the molecule is COc1ccc(CNc2ccc(C(C)C)cc2)cc1C#N. The summed E-state index contributed by atoms with van der Waals surface area (Å²) in [7, 11) is 1.57. The van der Waals surface area contributed by atoms with Gasteiger partial charge in [-0.3, -0.25) is 0 Å². The number of benzene rings is 2. The van der Waals surface area contributed by atoms with Crippen molar-refractivity contribution in [2.24, 2.45) is 0 Å². The van der Waals surface area contributed by atoms with E-state index in [1.807, 2.05) is 18.2 Å².